The third-order valence-corrected chi connectivity index (χ3v) is 3.49. The van der Waals surface area contributed by atoms with Gasteiger partial charge in [0.15, 0.2) is 11.9 Å². The first-order valence-electron chi connectivity index (χ1n) is 6.35. The van der Waals surface area contributed by atoms with Gasteiger partial charge in [-0.2, -0.15) is 0 Å². The lowest BCUT2D eigenvalue weighted by atomic mass is 9.96. The number of phenolic OH excluding ortho intramolecular Hbond substituents is 2. The number of benzene rings is 2. The Hall–Kier alpha value is -2.82. The highest BCUT2D eigenvalue weighted by molar-refractivity contribution is 5.98. The van der Waals surface area contributed by atoms with Gasteiger partial charge in [-0.3, -0.25) is 4.79 Å². The molecule has 0 fully saturated rings. The van der Waals surface area contributed by atoms with Gasteiger partial charge >= 0.3 is 5.97 Å². The highest BCUT2D eigenvalue weighted by Gasteiger charge is 2.34. The minimum Gasteiger partial charge on any atom is -0.507 e. The molecule has 5 nitrogen and oxygen atoms in total. The molecule has 0 aliphatic carbocycles. The smallest absolute Gasteiger partial charge is 0.339 e. The van der Waals surface area contributed by atoms with Gasteiger partial charge in [0.25, 0.3) is 0 Å². The first-order chi connectivity index (χ1) is 9.99. The molecule has 0 bridgehead atoms. The van der Waals surface area contributed by atoms with Crippen molar-refractivity contribution < 1.29 is 24.5 Å². The van der Waals surface area contributed by atoms with E-state index in [0.717, 1.165) is 6.07 Å². The molecule has 0 spiro atoms. The molecule has 0 radical (unpaired) electrons. The Balaban J connectivity index is 2.16. The summed E-state index contributed by atoms with van der Waals surface area (Å²) >= 11 is 0. The number of ether oxygens (including phenoxy) is 1. The van der Waals surface area contributed by atoms with E-state index in [1.54, 1.807) is 24.3 Å². The summed E-state index contributed by atoms with van der Waals surface area (Å²) < 4.78 is 5.28. The monoisotopic (exact) mass is 284 g/mol. The zero-order valence-corrected chi connectivity index (χ0v) is 11.2. The van der Waals surface area contributed by atoms with Crippen molar-refractivity contribution in [2.45, 2.75) is 13.0 Å². The van der Waals surface area contributed by atoms with Crippen LogP contribution in [0.2, 0.25) is 0 Å². The van der Waals surface area contributed by atoms with E-state index in [0.29, 0.717) is 11.1 Å². The van der Waals surface area contributed by atoms with E-state index in [2.05, 4.69) is 0 Å². The van der Waals surface area contributed by atoms with E-state index < -0.39 is 12.1 Å². The lowest BCUT2D eigenvalue weighted by Gasteiger charge is -2.14. The van der Waals surface area contributed by atoms with Gasteiger partial charge in [-0.1, -0.05) is 18.2 Å². The van der Waals surface area contributed by atoms with Crippen molar-refractivity contribution in [2.24, 2.45) is 0 Å². The summed E-state index contributed by atoms with van der Waals surface area (Å²) in [5.41, 5.74) is 1.40. The summed E-state index contributed by atoms with van der Waals surface area (Å²) in [7, 11) is 0. The van der Waals surface area contributed by atoms with Crippen molar-refractivity contribution in [3.63, 3.8) is 0 Å². The van der Waals surface area contributed by atoms with Crippen LogP contribution in [0.5, 0.6) is 11.5 Å². The Morgan fingerprint density at radius 3 is 2.52 bits per heavy atom. The van der Waals surface area contributed by atoms with E-state index in [1.165, 1.54) is 13.0 Å². The Bertz CT molecular complexity index is 763. The molecule has 1 heterocycles. The van der Waals surface area contributed by atoms with Crippen LogP contribution in [0.15, 0.2) is 36.4 Å². The molecule has 3 rings (SSSR count). The minimum atomic E-state index is -0.785. The lowest BCUT2D eigenvalue weighted by Crippen LogP contribution is -2.03. The molecule has 106 valence electrons. The number of ketones is 1. The topological polar surface area (TPSA) is 83.8 Å². The molecular formula is C16H12O5. The second-order valence-corrected chi connectivity index (χ2v) is 4.86. The quantitative estimate of drug-likeness (QED) is 0.654. The number of fused-ring (bicyclic) bond motifs is 1. The highest BCUT2D eigenvalue weighted by Crippen LogP contribution is 2.41. The first kappa shape index (κ1) is 13.2. The van der Waals surface area contributed by atoms with Crippen LogP contribution in [0.1, 0.15) is 44.9 Å². The molecule has 2 aromatic carbocycles. The summed E-state index contributed by atoms with van der Waals surface area (Å²) in [6.07, 6.45) is -0.785. The summed E-state index contributed by atoms with van der Waals surface area (Å²) in [6.45, 7) is 1.31. The standard InChI is InChI=1S/C16H12O5/c1-8(17)11-6-12(14(19)7-13(11)18)15-9-4-2-3-5-10(9)16(20)21-15/h2-7,15,18-19H,1H3/t15-/m0/s1. The Morgan fingerprint density at radius 2 is 1.81 bits per heavy atom. The van der Waals surface area contributed by atoms with Gasteiger partial charge in [-0.05, 0) is 19.1 Å². The molecule has 5 heteroatoms. The summed E-state index contributed by atoms with van der Waals surface area (Å²) in [6, 6.07) is 9.29. The lowest BCUT2D eigenvalue weighted by molar-refractivity contribution is 0.0453. The number of aromatic hydroxyl groups is 2. The van der Waals surface area contributed by atoms with Crippen LogP contribution in [-0.4, -0.2) is 22.0 Å². The van der Waals surface area contributed by atoms with Gasteiger partial charge in [0.1, 0.15) is 11.5 Å². The number of cyclic esters (lactones) is 1. The second kappa shape index (κ2) is 4.63. The zero-order chi connectivity index (χ0) is 15.1. The maximum absolute atomic E-state index is 11.8. The molecule has 21 heavy (non-hydrogen) atoms. The van der Waals surface area contributed by atoms with Gasteiger partial charge in [0.2, 0.25) is 0 Å². The van der Waals surface area contributed by atoms with E-state index >= 15 is 0 Å². The SMILES string of the molecule is CC(=O)c1cc([C@H]2OC(=O)c3ccccc32)c(O)cc1O. The number of esters is 1. The van der Waals surface area contributed by atoms with Crippen molar-refractivity contribution in [3.05, 3.63) is 58.7 Å². The average molecular weight is 284 g/mol. The Kier molecular flexibility index (Phi) is 2.90. The molecule has 0 saturated carbocycles. The van der Waals surface area contributed by atoms with Crippen LogP contribution >= 0.6 is 0 Å². The molecule has 0 unspecified atom stereocenters. The molecule has 1 aliphatic rings. The Labute approximate surface area is 120 Å². The predicted molar refractivity (Wildman–Crippen MR) is 73.5 cm³/mol. The van der Waals surface area contributed by atoms with Crippen LogP contribution in [0.25, 0.3) is 0 Å². The van der Waals surface area contributed by atoms with Gasteiger partial charge in [0.05, 0.1) is 11.1 Å². The van der Waals surface area contributed by atoms with Crippen molar-refractivity contribution in [3.8, 4) is 11.5 Å². The van der Waals surface area contributed by atoms with Crippen molar-refractivity contribution in [1.82, 2.24) is 0 Å². The molecule has 0 saturated heterocycles. The highest BCUT2D eigenvalue weighted by atomic mass is 16.5. The summed E-state index contributed by atoms with van der Waals surface area (Å²) in [4.78, 5) is 23.3. The van der Waals surface area contributed by atoms with Gasteiger partial charge in [0, 0.05) is 17.2 Å². The fourth-order valence-electron chi connectivity index (χ4n) is 2.46. The maximum Gasteiger partial charge on any atom is 0.339 e. The van der Waals surface area contributed by atoms with Crippen molar-refractivity contribution in [2.75, 3.05) is 0 Å². The van der Waals surface area contributed by atoms with E-state index in [-0.39, 0.29) is 28.4 Å². The van der Waals surface area contributed by atoms with Gasteiger partial charge < -0.3 is 14.9 Å². The fraction of sp³-hybridized carbons (Fsp3) is 0.125. The molecule has 0 amide bonds. The number of rotatable bonds is 2. The van der Waals surface area contributed by atoms with E-state index in [1.807, 2.05) is 0 Å². The predicted octanol–water partition coefficient (Wildman–Crippen LogP) is 2.56. The van der Waals surface area contributed by atoms with E-state index in [9.17, 15) is 19.8 Å². The fourth-order valence-corrected chi connectivity index (χ4v) is 2.46. The van der Waals surface area contributed by atoms with Gasteiger partial charge in [-0.15, -0.1) is 0 Å². The minimum absolute atomic E-state index is 0.0724. The molecule has 2 N–H and O–H groups in total. The number of hydrogen-bond acceptors (Lipinski definition) is 5. The molecule has 0 aromatic heterocycles. The number of carbonyl (C=O) groups excluding carboxylic acids is 2. The average Bonchev–Trinajstić information content (AvgIpc) is 2.76. The zero-order valence-electron chi connectivity index (χ0n) is 11.2. The van der Waals surface area contributed by atoms with Gasteiger partial charge in [-0.25, -0.2) is 4.79 Å². The molecular weight excluding hydrogens is 272 g/mol. The van der Waals surface area contributed by atoms with Crippen LogP contribution in [0, 0.1) is 0 Å². The molecule has 2 aromatic rings. The van der Waals surface area contributed by atoms with Crippen LogP contribution < -0.4 is 0 Å². The summed E-state index contributed by atoms with van der Waals surface area (Å²) in [5, 5.41) is 19.7. The number of hydrogen-bond donors (Lipinski definition) is 2. The van der Waals surface area contributed by atoms with Crippen molar-refractivity contribution in [1.29, 1.82) is 0 Å². The Morgan fingerprint density at radius 1 is 1.10 bits per heavy atom. The maximum atomic E-state index is 11.8. The molecule has 1 atom stereocenters. The van der Waals surface area contributed by atoms with Crippen LogP contribution in [0.4, 0.5) is 0 Å². The third-order valence-electron chi connectivity index (χ3n) is 3.49. The number of carbonyl (C=O) groups is 2. The third kappa shape index (κ3) is 2.03. The van der Waals surface area contributed by atoms with Crippen LogP contribution in [0.3, 0.4) is 0 Å². The second-order valence-electron chi connectivity index (χ2n) is 4.86. The largest absolute Gasteiger partial charge is 0.507 e. The normalized spacial score (nSPS) is 16.4. The number of phenols is 2. The number of Topliss-reactive ketones (excluding diaryl/α,β-unsaturated/α-hetero) is 1. The first-order valence-corrected chi connectivity index (χ1v) is 6.35. The van der Waals surface area contributed by atoms with E-state index in [4.69, 9.17) is 4.74 Å². The van der Waals surface area contributed by atoms with Crippen molar-refractivity contribution >= 4 is 11.8 Å². The van der Waals surface area contributed by atoms with Crippen LogP contribution in [-0.2, 0) is 4.74 Å². The molecule has 1 aliphatic heterocycles. The summed E-state index contributed by atoms with van der Waals surface area (Å²) in [5.74, 6) is -1.35.